The van der Waals surface area contributed by atoms with Crippen molar-refractivity contribution in [1.29, 1.82) is 0 Å². The fraction of sp³-hybridized carbons (Fsp3) is 0.400. The number of benzene rings is 1. The molecule has 0 spiro atoms. The van der Waals surface area contributed by atoms with Crippen molar-refractivity contribution in [2.24, 2.45) is 0 Å². The van der Waals surface area contributed by atoms with Crippen LogP contribution < -0.4 is 10.0 Å². The lowest BCUT2D eigenvalue weighted by Crippen LogP contribution is -2.08. The Morgan fingerprint density at radius 1 is 1.33 bits per heavy atom. The van der Waals surface area contributed by atoms with E-state index in [1.54, 1.807) is 25.1 Å². The maximum atomic E-state index is 11.6. The molecule has 15 heavy (non-hydrogen) atoms. The molecule has 0 aromatic heterocycles. The molecule has 0 saturated carbocycles. The molecule has 0 heterocycles. The van der Waals surface area contributed by atoms with Gasteiger partial charge in [-0.2, -0.15) is 0 Å². The molecule has 0 amide bonds. The van der Waals surface area contributed by atoms with Crippen molar-refractivity contribution in [1.82, 2.24) is 0 Å². The monoisotopic (exact) mass is 229 g/mol. The SMILES string of the molecule is CCO[P+](=O)c1ccccc1OCOC. The highest BCUT2D eigenvalue weighted by atomic mass is 31.1. The predicted molar refractivity (Wildman–Crippen MR) is 57.8 cm³/mol. The van der Waals surface area contributed by atoms with Crippen LogP contribution in [0, 0.1) is 0 Å². The lowest BCUT2D eigenvalue weighted by molar-refractivity contribution is 0.0518. The van der Waals surface area contributed by atoms with E-state index in [1.807, 2.05) is 6.07 Å². The Labute approximate surface area is 90.0 Å². The van der Waals surface area contributed by atoms with Crippen LogP contribution in [-0.2, 0) is 13.8 Å². The summed E-state index contributed by atoms with van der Waals surface area (Å²) in [4.78, 5) is 0. The summed E-state index contributed by atoms with van der Waals surface area (Å²) in [7, 11) is -0.311. The number of rotatable bonds is 6. The zero-order chi connectivity index (χ0) is 11.1. The van der Waals surface area contributed by atoms with Gasteiger partial charge >= 0.3 is 8.03 Å². The minimum Gasteiger partial charge on any atom is -0.463 e. The molecule has 1 aromatic rings. The highest BCUT2D eigenvalue weighted by Crippen LogP contribution is 2.26. The minimum absolute atomic E-state index is 0.131. The third kappa shape index (κ3) is 3.59. The van der Waals surface area contributed by atoms with Crippen LogP contribution in [0.5, 0.6) is 5.75 Å². The van der Waals surface area contributed by atoms with E-state index >= 15 is 0 Å². The van der Waals surface area contributed by atoms with E-state index < -0.39 is 8.03 Å². The largest absolute Gasteiger partial charge is 0.552 e. The van der Waals surface area contributed by atoms with Gasteiger partial charge in [0, 0.05) is 7.11 Å². The van der Waals surface area contributed by atoms with Gasteiger partial charge in [0.05, 0.1) is 0 Å². The summed E-state index contributed by atoms with van der Waals surface area (Å²) in [5.41, 5.74) is 0. The van der Waals surface area contributed by atoms with Gasteiger partial charge in [0.15, 0.2) is 12.5 Å². The Bertz CT molecular complexity index is 327. The summed E-state index contributed by atoms with van der Waals surface area (Å²) in [5, 5.41) is 0.561. The highest BCUT2D eigenvalue weighted by molar-refractivity contribution is 7.48. The predicted octanol–water partition coefficient (Wildman–Crippen LogP) is 2.07. The van der Waals surface area contributed by atoms with Gasteiger partial charge in [0.1, 0.15) is 6.61 Å². The Morgan fingerprint density at radius 2 is 2.07 bits per heavy atom. The quantitative estimate of drug-likeness (QED) is 0.553. The van der Waals surface area contributed by atoms with Crippen LogP contribution in [0.1, 0.15) is 6.92 Å². The number of methoxy groups -OCH3 is 1. The summed E-state index contributed by atoms with van der Waals surface area (Å²) < 4.78 is 26.7. The van der Waals surface area contributed by atoms with E-state index in [1.165, 1.54) is 7.11 Å². The number of hydrogen-bond donors (Lipinski definition) is 0. The van der Waals surface area contributed by atoms with Crippen LogP contribution in [-0.4, -0.2) is 20.5 Å². The average molecular weight is 229 g/mol. The van der Waals surface area contributed by atoms with E-state index in [-0.39, 0.29) is 6.79 Å². The first kappa shape index (κ1) is 12.1. The molecule has 0 N–H and O–H groups in total. The molecular weight excluding hydrogens is 215 g/mol. The van der Waals surface area contributed by atoms with Gasteiger partial charge in [0.25, 0.3) is 5.30 Å². The van der Waals surface area contributed by atoms with Crippen LogP contribution in [0.2, 0.25) is 0 Å². The molecule has 1 aromatic carbocycles. The van der Waals surface area contributed by atoms with Crippen LogP contribution >= 0.6 is 8.03 Å². The maximum absolute atomic E-state index is 11.6. The molecule has 1 unspecified atom stereocenters. The molecule has 0 fully saturated rings. The summed E-state index contributed by atoms with van der Waals surface area (Å²) in [5.74, 6) is 0.536. The molecular formula is C10H14O4P+. The van der Waals surface area contributed by atoms with Gasteiger partial charge < -0.3 is 9.47 Å². The van der Waals surface area contributed by atoms with Crippen molar-refractivity contribution in [3.05, 3.63) is 24.3 Å². The Morgan fingerprint density at radius 3 is 2.73 bits per heavy atom. The molecule has 0 aliphatic rings. The third-order valence-electron chi connectivity index (χ3n) is 1.64. The van der Waals surface area contributed by atoms with E-state index in [2.05, 4.69) is 0 Å². The van der Waals surface area contributed by atoms with Crippen LogP contribution in [0.3, 0.4) is 0 Å². The first-order chi connectivity index (χ1) is 7.29. The number of hydrogen-bond acceptors (Lipinski definition) is 4. The van der Waals surface area contributed by atoms with Crippen LogP contribution in [0.25, 0.3) is 0 Å². The minimum atomic E-state index is -1.84. The van der Waals surface area contributed by atoms with Gasteiger partial charge in [-0.3, -0.25) is 0 Å². The molecule has 0 aliphatic carbocycles. The summed E-state index contributed by atoms with van der Waals surface area (Å²) in [6.07, 6.45) is 0. The second-order valence-corrected chi connectivity index (χ2v) is 3.95. The van der Waals surface area contributed by atoms with Gasteiger partial charge in [-0.25, -0.2) is 0 Å². The van der Waals surface area contributed by atoms with Crippen LogP contribution in [0.15, 0.2) is 24.3 Å². The third-order valence-corrected chi connectivity index (χ3v) is 2.90. The van der Waals surface area contributed by atoms with Crippen LogP contribution in [0.4, 0.5) is 0 Å². The lowest BCUT2D eigenvalue weighted by Gasteiger charge is -2.03. The lowest BCUT2D eigenvalue weighted by atomic mass is 10.3. The summed E-state index contributed by atoms with van der Waals surface area (Å²) in [6, 6.07) is 7.06. The Kier molecular flexibility index (Phi) is 5.26. The van der Waals surface area contributed by atoms with Crippen molar-refractivity contribution in [3.63, 3.8) is 0 Å². The summed E-state index contributed by atoms with van der Waals surface area (Å²) >= 11 is 0. The topological polar surface area (TPSA) is 44.8 Å². The number of ether oxygens (including phenoxy) is 2. The van der Waals surface area contributed by atoms with Crippen molar-refractivity contribution >= 4 is 13.3 Å². The molecule has 5 heteroatoms. The van der Waals surface area contributed by atoms with Crippen molar-refractivity contribution in [3.8, 4) is 5.75 Å². The standard InChI is InChI=1S/C10H14O4P/c1-3-14-15(11)10-7-5-4-6-9(10)13-8-12-2/h4-7H,3,8H2,1-2H3/q+1. The highest BCUT2D eigenvalue weighted by Gasteiger charge is 2.26. The molecule has 0 bridgehead atoms. The molecule has 1 rings (SSSR count). The average Bonchev–Trinajstić information content (AvgIpc) is 2.27. The number of para-hydroxylation sites is 1. The zero-order valence-corrected chi connectivity index (χ0v) is 9.70. The molecule has 0 saturated heterocycles. The van der Waals surface area contributed by atoms with Crippen molar-refractivity contribution < 1.29 is 18.6 Å². The van der Waals surface area contributed by atoms with Gasteiger partial charge in [-0.05, 0) is 23.6 Å². The first-order valence-electron chi connectivity index (χ1n) is 4.60. The van der Waals surface area contributed by atoms with E-state index in [9.17, 15) is 4.57 Å². The van der Waals surface area contributed by atoms with Crippen molar-refractivity contribution in [2.45, 2.75) is 6.92 Å². The molecule has 1 atom stereocenters. The Hall–Kier alpha value is -0.960. The molecule has 0 radical (unpaired) electrons. The normalized spacial score (nSPS) is 11.2. The smallest absolute Gasteiger partial charge is 0.463 e. The van der Waals surface area contributed by atoms with E-state index in [0.717, 1.165) is 0 Å². The van der Waals surface area contributed by atoms with Gasteiger partial charge in [-0.15, -0.1) is 4.52 Å². The molecule has 4 nitrogen and oxygen atoms in total. The molecule has 82 valence electrons. The molecule has 0 aliphatic heterocycles. The summed E-state index contributed by atoms with van der Waals surface area (Å²) in [6.45, 7) is 2.34. The van der Waals surface area contributed by atoms with E-state index in [0.29, 0.717) is 17.7 Å². The second kappa shape index (κ2) is 6.51. The Balaban J connectivity index is 2.80. The second-order valence-electron chi connectivity index (χ2n) is 2.69. The van der Waals surface area contributed by atoms with Gasteiger partial charge in [-0.1, -0.05) is 12.1 Å². The first-order valence-corrected chi connectivity index (χ1v) is 5.78. The van der Waals surface area contributed by atoms with Gasteiger partial charge in [0.2, 0.25) is 0 Å². The fourth-order valence-corrected chi connectivity index (χ4v) is 1.94. The van der Waals surface area contributed by atoms with Crippen molar-refractivity contribution in [2.75, 3.05) is 20.5 Å². The fourth-order valence-electron chi connectivity index (χ4n) is 1.04. The zero-order valence-electron chi connectivity index (χ0n) is 8.80. The maximum Gasteiger partial charge on any atom is 0.552 e. The van der Waals surface area contributed by atoms with E-state index in [4.69, 9.17) is 14.0 Å².